The molecule has 75 valence electrons. The van der Waals surface area contributed by atoms with Crippen LogP contribution in [0.5, 0.6) is 5.88 Å². The molecule has 0 bridgehead atoms. The fourth-order valence-corrected chi connectivity index (χ4v) is 1.59. The van der Waals surface area contributed by atoms with Crippen LogP contribution in [0.3, 0.4) is 0 Å². The summed E-state index contributed by atoms with van der Waals surface area (Å²) in [6.45, 7) is 0. The van der Waals surface area contributed by atoms with Crippen molar-refractivity contribution in [1.29, 1.82) is 0 Å². The zero-order valence-corrected chi connectivity index (χ0v) is 7.99. The van der Waals surface area contributed by atoms with Crippen LogP contribution in [0, 0.1) is 0 Å². The highest BCUT2D eigenvalue weighted by molar-refractivity contribution is 7.98. The van der Waals surface area contributed by atoms with E-state index in [0.717, 1.165) is 11.8 Å². The maximum atomic E-state index is 13.6. The van der Waals surface area contributed by atoms with Crippen LogP contribution in [0.2, 0.25) is 0 Å². The summed E-state index contributed by atoms with van der Waals surface area (Å²) in [5, 5.41) is 11.3. The summed E-state index contributed by atoms with van der Waals surface area (Å²) >= 11 is 0.972. The highest BCUT2D eigenvalue weighted by Gasteiger charge is 2.43. The minimum Gasteiger partial charge on any atom is -0.267 e. The van der Waals surface area contributed by atoms with Gasteiger partial charge in [-0.25, -0.2) is 4.98 Å². The zero-order valence-electron chi connectivity index (χ0n) is 9.17. The minimum atomic E-state index is -3.73. The van der Waals surface area contributed by atoms with E-state index in [1.165, 1.54) is 0 Å². The summed E-state index contributed by atoms with van der Waals surface area (Å²) in [4.78, 5) is 7.03. The normalized spacial score (nSPS) is 23.9. The Morgan fingerprint density at radius 2 is 2.29 bits per heavy atom. The van der Waals surface area contributed by atoms with Crippen molar-refractivity contribution in [2.24, 2.45) is 0 Å². The van der Waals surface area contributed by atoms with Crippen LogP contribution in [0.25, 0.3) is 0 Å². The van der Waals surface area contributed by atoms with Crippen LogP contribution in [0.1, 0.15) is 20.4 Å². The number of rotatable bonds is 1. The molecule has 1 aliphatic carbocycles. The van der Waals surface area contributed by atoms with Crippen LogP contribution in [0.4, 0.5) is 8.78 Å². The monoisotopic (exact) mass is 219 g/mol. The Hall–Kier alpha value is -0.910. The average Bonchev–Trinajstić information content (AvgIpc) is 2.36. The van der Waals surface area contributed by atoms with E-state index in [-0.39, 0.29) is 10.7 Å². The fraction of sp³-hybridized carbons (Fsp3) is 0.500. The lowest BCUT2D eigenvalue weighted by atomic mass is 10.2. The summed E-state index contributed by atoms with van der Waals surface area (Å²) in [5.41, 5.74) is -1.07. The third kappa shape index (κ3) is 1.33. The maximum absolute atomic E-state index is 13.6. The van der Waals surface area contributed by atoms with Crippen molar-refractivity contribution in [1.82, 2.24) is 9.97 Å². The number of alkyl halides is 2. The molecule has 0 saturated carbocycles. The van der Waals surface area contributed by atoms with E-state index < -0.39 is 30.3 Å². The van der Waals surface area contributed by atoms with E-state index in [0.29, 0.717) is 0 Å². The number of fused-ring (bicyclic) bond motifs is 1. The highest BCUT2D eigenvalue weighted by Crippen LogP contribution is 2.43. The molecule has 2 rings (SSSR count). The molecule has 0 saturated heterocycles. The Balaban J connectivity index is 2.65. The average molecular weight is 219 g/mol. The summed E-state index contributed by atoms with van der Waals surface area (Å²) in [7, 11) is 0. The number of hydrogen-bond acceptors (Lipinski definition) is 3. The van der Waals surface area contributed by atoms with Gasteiger partial charge in [0.15, 0.2) is 5.16 Å². The summed E-state index contributed by atoms with van der Waals surface area (Å²) < 4.78 is 41.6. The second kappa shape index (κ2) is 3.05. The first-order valence-corrected chi connectivity index (χ1v) is 5.02. The van der Waals surface area contributed by atoms with Gasteiger partial charge in [-0.3, -0.25) is 5.11 Å². The van der Waals surface area contributed by atoms with Gasteiger partial charge in [-0.05, 0) is 12.7 Å². The van der Waals surface area contributed by atoms with Gasteiger partial charge in [0.2, 0.25) is 0 Å². The molecule has 1 heterocycles. The molecule has 0 atom stereocenters. The van der Waals surface area contributed by atoms with Gasteiger partial charge in [-0.2, -0.15) is 13.8 Å². The summed E-state index contributed by atoms with van der Waals surface area (Å²) in [6.07, 6.45) is -1.84. The molecule has 14 heavy (non-hydrogen) atoms. The van der Waals surface area contributed by atoms with Crippen LogP contribution in [0.15, 0.2) is 5.16 Å². The van der Waals surface area contributed by atoms with E-state index in [9.17, 15) is 13.9 Å². The zero-order chi connectivity index (χ0) is 12.1. The smallest absolute Gasteiger partial charge is 0.267 e. The Morgan fingerprint density at radius 3 is 2.93 bits per heavy atom. The SMILES string of the molecule is [2H]C1([2H])Cc2c([O])nc(SC)nc2C1(F)F. The third-order valence-corrected chi connectivity index (χ3v) is 2.46. The predicted molar refractivity (Wildman–Crippen MR) is 46.2 cm³/mol. The van der Waals surface area contributed by atoms with Gasteiger partial charge in [-0.15, -0.1) is 0 Å². The standard InChI is InChI=1S/C8H7F2N2OS/c1-14-7-11-5-4(6(13)12-7)2-3-8(5,9)10/h2-3H2,1H3/i3D2. The van der Waals surface area contributed by atoms with Crippen LogP contribution in [-0.4, -0.2) is 16.2 Å². The summed E-state index contributed by atoms with van der Waals surface area (Å²) in [6, 6.07) is 0. The molecule has 0 aliphatic heterocycles. The predicted octanol–water partition coefficient (Wildman–Crippen LogP) is 2.38. The lowest BCUT2D eigenvalue weighted by Gasteiger charge is -2.08. The maximum Gasteiger partial charge on any atom is 0.290 e. The van der Waals surface area contributed by atoms with E-state index in [4.69, 9.17) is 2.74 Å². The van der Waals surface area contributed by atoms with E-state index in [1.54, 1.807) is 6.26 Å². The van der Waals surface area contributed by atoms with E-state index >= 15 is 0 Å². The lowest BCUT2D eigenvalue weighted by Crippen LogP contribution is -2.10. The first kappa shape index (κ1) is 7.39. The van der Waals surface area contributed by atoms with Crippen molar-refractivity contribution in [3.05, 3.63) is 11.3 Å². The number of halogens is 2. The Morgan fingerprint density at radius 1 is 1.57 bits per heavy atom. The molecule has 6 heteroatoms. The molecule has 0 fully saturated rings. The molecule has 1 aromatic heterocycles. The van der Waals surface area contributed by atoms with Crippen molar-refractivity contribution in [2.45, 2.75) is 23.9 Å². The van der Waals surface area contributed by atoms with Crippen LogP contribution < -0.4 is 0 Å². The topological polar surface area (TPSA) is 45.7 Å². The molecule has 1 aromatic rings. The lowest BCUT2D eigenvalue weighted by molar-refractivity contribution is -0.00661. The van der Waals surface area contributed by atoms with Gasteiger partial charge in [0.05, 0.1) is 0 Å². The number of aromatic nitrogens is 2. The molecule has 0 spiro atoms. The van der Waals surface area contributed by atoms with Crippen LogP contribution in [-0.2, 0) is 17.4 Å². The second-order valence-corrected chi connectivity index (χ2v) is 3.54. The Bertz CT molecular complexity index is 456. The highest BCUT2D eigenvalue weighted by atomic mass is 32.2. The van der Waals surface area contributed by atoms with Crippen LogP contribution >= 0.6 is 11.8 Å². The van der Waals surface area contributed by atoms with Crippen molar-refractivity contribution < 1.29 is 16.6 Å². The van der Waals surface area contributed by atoms with E-state index in [1.807, 2.05) is 0 Å². The van der Waals surface area contributed by atoms with E-state index in [2.05, 4.69) is 9.97 Å². The van der Waals surface area contributed by atoms with Gasteiger partial charge in [-0.1, -0.05) is 11.8 Å². The third-order valence-electron chi connectivity index (χ3n) is 1.92. The Labute approximate surface area is 86.4 Å². The molecular formula is C8H7F2N2OS. The number of hydrogen-bond donors (Lipinski definition) is 0. The van der Waals surface area contributed by atoms with Gasteiger partial charge in [0, 0.05) is 14.7 Å². The van der Waals surface area contributed by atoms with Gasteiger partial charge in [0.25, 0.3) is 11.8 Å². The van der Waals surface area contributed by atoms with Crippen molar-refractivity contribution in [2.75, 3.05) is 6.26 Å². The molecule has 3 nitrogen and oxygen atoms in total. The van der Waals surface area contributed by atoms with Gasteiger partial charge < -0.3 is 0 Å². The Kier molecular flexibility index (Phi) is 1.61. The minimum absolute atomic E-state index is 0.0545. The molecule has 0 N–H and O–H groups in total. The molecule has 1 radical (unpaired) electrons. The van der Waals surface area contributed by atoms with Gasteiger partial charge in [0.1, 0.15) is 5.69 Å². The number of thioether (sulfide) groups is 1. The molecule has 0 amide bonds. The first-order chi connectivity index (χ1) is 7.29. The molecule has 0 unspecified atom stereocenters. The fourth-order valence-electron chi connectivity index (χ4n) is 1.24. The largest absolute Gasteiger partial charge is 0.290 e. The quantitative estimate of drug-likeness (QED) is 0.538. The van der Waals surface area contributed by atoms with Crippen molar-refractivity contribution >= 4 is 11.8 Å². The van der Waals surface area contributed by atoms with Crippen molar-refractivity contribution in [3.8, 4) is 5.88 Å². The molecule has 1 aliphatic rings. The first-order valence-electron chi connectivity index (χ1n) is 4.80. The van der Waals surface area contributed by atoms with Gasteiger partial charge >= 0.3 is 0 Å². The van der Waals surface area contributed by atoms with Crippen molar-refractivity contribution in [3.63, 3.8) is 0 Å². The molecule has 0 aromatic carbocycles. The summed E-state index contributed by atoms with van der Waals surface area (Å²) in [5.74, 6) is -4.54. The molecular weight excluding hydrogens is 210 g/mol. The number of nitrogens with zero attached hydrogens (tertiary/aromatic N) is 2. The second-order valence-electron chi connectivity index (χ2n) is 2.77.